The molecule has 2 heterocycles. The number of amidine groups is 1. The number of thioether (sulfide) groups is 1. The molecule has 0 saturated carbocycles. The van der Waals surface area contributed by atoms with Crippen LogP contribution >= 0.6 is 11.8 Å². The topological polar surface area (TPSA) is 15.6 Å². The highest BCUT2D eigenvalue weighted by atomic mass is 32.2. The number of aliphatic imine (C=N–C) groups is 1. The monoisotopic (exact) mass is 254 g/mol. The summed E-state index contributed by atoms with van der Waals surface area (Å²) in [6, 6.07) is 15.9. The molecule has 2 aliphatic heterocycles. The summed E-state index contributed by atoms with van der Waals surface area (Å²) in [5.74, 6) is 1.14. The van der Waals surface area contributed by atoms with Crippen LogP contribution in [0.25, 0.3) is 10.8 Å². The number of nitrogens with zero attached hydrogens (tertiary/aromatic N) is 2. The summed E-state index contributed by atoms with van der Waals surface area (Å²) in [6.07, 6.45) is 0. The van der Waals surface area contributed by atoms with Gasteiger partial charge >= 0.3 is 0 Å². The second kappa shape index (κ2) is 4.02. The minimum absolute atomic E-state index is 0.515. The molecule has 0 bridgehead atoms. The van der Waals surface area contributed by atoms with Gasteiger partial charge in [0.25, 0.3) is 0 Å². The van der Waals surface area contributed by atoms with Crippen LogP contribution in [0.2, 0.25) is 0 Å². The molecule has 4 rings (SSSR count). The highest BCUT2D eigenvalue weighted by Gasteiger charge is 2.33. The van der Waals surface area contributed by atoms with E-state index in [0.717, 1.165) is 18.8 Å². The van der Waals surface area contributed by atoms with Crippen LogP contribution in [-0.4, -0.2) is 28.9 Å². The minimum Gasteiger partial charge on any atom is -0.342 e. The lowest BCUT2D eigenvalue weighted by Crippen LogP contribution is -2.25. The van der Waals surface area contributed by atoms with E-state index in [-0.39, 0.29) is 0 Å². The zero-order valence-corrected chi connectivity index (χ0v) is 10.9. The van der Waals surface area contributed by atoms with Crippen LogP contribution in [0.15, 0.2) is 47.5 Å². The fraction of sp³-hybridized carbons (Fsp3) is 0.267. The van der Waals surface area contributed by atoms with Gasteiger partial charge in [0.1, 0.15) is 0 Å². The molecule has 1 unspecified atom stereocenters. The van der Waals surface area contributed by atoms with Crippen molar-refractivity contribution < 1.29 is 0 Å². The van der Waals surface area contributed by atoms with E-state index in [2.05, 4.69) is 52.4 Å². The first kappa shape index (κ1) is 10.4. The van der Waals surface area contributed by atoms with Crippen LogP contribution in [0.4, 0.5) is 0 Å². The second-order valence-corrected chi connectivity index (χ2v) is 5.78. The maximum Gasteiger partial charge on any atom is 0.159 e. The molecule has 1 atom stereocenters. The molecule has 2 aliphatic rings. The average Bonchev–Trinajstić information content (AvgIpc) is 3.00. The van der Waals surface area contributed by atoms with Crippen LogP contribution in [0, 0.1) is 0 Å². The highest BCUT2D eigenvalue weighted by molar-refractivity contribution is 8.14. The predicted molar refractivity (Wildman–Crippen MR) is 78.2 cm³/mol. The molecule has 2 aromatic rings. The standard InChI is InChI=1S/C15H14N2S/c1-2-4-12-9-13(6-5-11(12)3-1)14-10-18-15-16-7-8-17(14)15/h1-6,9,14H,7-8,10H2. The van der Waals surface area contributed by atoms with Gasteiger partial charge in [0.15, 0.2) is 5.17 Å². The lowest BCUT2D eigenvalue weighted by molar-refractivity contribution is 0.387. The lowest BCUT2D eigenvalue weighted by Gasteiger charge is -2.22. The van der Waals surface area contributed by atoms with Crippen molar-refractivity contribution in [3.05, 3.63) is 48.0 Å². The Morgan fingerprint density at radius 1 is 1.11 bits per heavy atom. The molecule has 0 N–H and O–H groups in total. The minimum atomic E-state index is 0.515. The number of hydrogen-bond donors (Lipinski definition) is 0. The molecule has 2 nitrogen and oxygen atoms in total. The maximum absolute atomic E-state index is 4.54. The van der Waals surface area contributed by atoms with E-state index in [9.17, 15) is 0 Å². The van der Waals surface area contributed by atoms with Crippen molar-refractivity contribution >= 4 is 27.7 Å². The summed E-state index contributed by atoms with van der Waals surface area (Å²) < 4.78 is 0. The summed E-state index contributed by atoms with van der Waals surface area (Å²) in [5, 5.41) is 3.90. The third-order valence-electron chi connectivity index (χ3n) is 3.74. The van der Waals surface area contributed by atoms with Crippen molar-refractivity contribution in [2.75, 3.05) is 18.8 Å². The first-order valence-electron chi connectivity index (χ1n) is 6.34. The van der Waals surface area contributed by atoms with Gasteiger partial charge in [-0.1, -0.05) is 48.2 Å². The Labute approximate surface area is 111 Å². The van der Waals surface area contributed by atoms with Gasteiger partial charge in [-0.2, -0.15) is 0 Å². The van der Waals surface area contributed by atoms with E-state index in [1.54, 1.807) is 0 Å². The van der Waals surface area contributed by atoms with Crippen LogP contribution in [0.1, 0.15) is 11.6 Å². The predicted octanol–water partition coefficient (Wildman–Crippen LogP) is 3.30. The molecular formula is C15H14N2S. The van der Waals surface area contributed by atoms with Crippen molar-refractivity contribution in [1.82, 2.24) is 4.90 Å². The van der Waals surface area contributed by atoms with Gasteiger partial charge in [0.05, 0.1) is 12.6 Å². The van der Waals surface area contributed by atoms with Crippen molar-refractivity contribution in [3.63, 3.8) is 0 Å². The number of hydrogen-bond acceptors (Lipinski definition) is 3. The Morgan fingerprint density at radius 2 is 2.00 bits per heavy atom. The van der Waals surface area contributed by atoms with Crippen LogP contribution in [0.3, 0.4) is 0 Å². The molecule has 0 radical (unpaired) electrons. The van der Waals surface area contributed by atoms with Gasteiger partial charge in [-0.05, 0) is 22.4 Å². The number of rotatable bonds is 1. The van der Waals surface area contributed by atoms with Gasteiger partial charge in [-0.3, -0.25) is 4.99 Å². The third kappa shape index (κ3) is 1.54. The van der Waals surface area contributed by atoms with Crippen LogP contribution < -0.4 is 0 Å². The lowest BCUT2D eigenvalue weighted by atomic mass is 10.0. The molecule has 2 aromatic carbocycles. The maximum atomic E-state index is 4.54. The first-order chi connectivity index (χ1) is 8.92. The summed E-state index contributed by atoms with van der Waals surface area (Å²) in [7, 11) is 0. The first-order valence-corrected chi connectivity index (χ1v) is 7.33. The SMILES string of the molecule is c1ccc2cc(C3CSC4=NCCN43)ccc2c1. The van der Waals surface area contributed by atoms with Crippen molar-refractivity contribution in [1.29, 1.82) is 0 Å². The van der Waals surface area contributed by atoms with Gasteiger partial charge in [0.2, 0.25) is 0 Å². The van der Waals surface area contributed by atoms with E-state index < -0.39 is 0 Å². The molecular weight excluding hydrogens is 240 g/mol. The Balaban J connectivity index is 1.76. The highest BCUT2D eigenvalue weighted by Crippen LogP contribution is 2.37. The Kier molecular flexibility index (Phi) is 2.33. The molecule has 0 aliphatic carbocycles. The smallest absolute Gasteiger partial charge is 0.159 e. The van der Waals surface area contributed by atoms with Crippen molar-refractivity contribution in [2.45, 2.75) is 6.04 Å². The van der Waals surface area contributed by atoms with E-state index in [0.29, 0.717) is 6.04 Å². The molecule has 0 spiro atoms. The van der Waals surface area contributed by atoms with Crippen LogP contribution in [-0.2, 0) is 0 Å². The normalized spacial score (nSPS) is 22.3. The van der Waals surface area contributed by atoms with Crippen molar-refractivity contribution in [3.8, 4) is 0 Å². The molecule has 1 saturated heterocycles. The molecule has 0 amide bonds. The van der Waals surface area contributed by atoms with Gasteiger partial charge < -0.3 is 4.90 Å². The molecule has 18 heavy (non-hydrogen) atoms. The van der Waals surface area contributed by atoms with Gasteiger partial charge in [-0.15, -0.1) is 0 Å². The summed E-state index contributed by atoms with van der Waals surface area (Å²) in [5.41, 5.74) is 1.42. The molecule has 3 heteroatoms. The fourth-order valence-corrected chi connectivity index (χ4v) is 4.04. The third-order valence-corrected chi connectivity index (χ3v) is 4.84. The summed E-state index contributed by atoms with van der Waals surface area (Å²) in [6.45, 7) is 2.05. The van der Waals surface area contributed by atoms with E-state index in [1.807, 2.05) is 11.8 Å². The van der Waals surface area contributed by atoms with E-state index in [4.69, 9.17) is 0 Å². The molecule has 0 aromatic heterocycles. The second-order valence-electron chi connectivity index (χ2n) is 4.79. The van der Waals surface area contributed by atoms with Crippen molar-refractivity contribution in [2.24, 2.45) is 4.99 Å². The van der Waals surface area contributed by atoms with Crippen LogP contribution in [0.5, 0.6) is 0 Å². The number of benzene rings is 2. The average molecular weight is 254 g/mol. The Bertz CT molecular complexity index is 635. The molecule has 90 valence electrons. The quantitative estimate of drug-likeness (QED) is 0.776. The van der Waals surface area contributed by atoms with E-state index >= 15 is 0 Å². The Morgan fingerprint density at radius 3 is 2.94 bits per heavy atom. The molecule has 1 fully saturated rings. The van der Waals surface area contributed by atoms with E-state index in [1.165, 1.54) is 21.5 Å². The largest absolute Gasteiger partial charge is 0.342 e. The summed E-state index contributed by atoms with van der Waals surface area (Å²) >= 11 is 1.90. The van der Waals surface area contributed by atoms with Gasteiger partial charge in [-0.25, -0.2) is 0 Å². The summed E-state index contributed by atoms with van der Waals surface area (Å²) in [4.78, 5) is 6.99. The zero-order valence-electron chi connectivity index (χ0n) is 10.0. The zero-order chi connectivity index (χ0) is 11.9. The Hall–Kier alpha value is -1.48. The van der Waals surface area contributed by atoms with Gasteiger partial charge in [0, 0.05) is 12.3 Å². The fourth-order valence-electron chi connectivity index (χ4n) is 2.79. The number of fused-ring (bicyclic) bond motifs is 2.